The molecule has 0 radical (unpaired) electrons. The van der Waals surface area contributed by atoms with Gasteiger partial charge in [0.15, 0.2) is 6.10 Å². The fraction of sp³-hybridized carbons (Fsp3) is 0.812. The van der Waals surface area contributed by atoms with Crippen molar-refractivity contribution in [3.63, 3.8) is 0 Å². The molecule has 0 aromatic rings. The topological polar surface area (TPSA) is 108 Å². The molecule has 0 rings (SSSR count). The van der Waals surface area contributed by atoms with Crippen molar-refractivity contribution in [1.29, 1.82) is 0 Å². The maximum Gasteiger partial charge on any atom is 0.472 e. The predicted molar refractivity (Wildman–Crippen MR) is 169 cm³/mol. The summed E-state index contributed by atoms with van der Waals surface area (Å²) < 4.78 is 33.4. The van der Waals surface area contributed by atoms with E-state index in [4.69, 9.17) is 18.5 Å². The lowest BCUT2D eigenvalue weighted by Crippen LogP contribution is -2.37. The first-order chi connectivity index (χ1) is 20.0. The number of quaternary nitrogens is 1. The molecular weight excluding hydrogens is 557 g/mol. The van der Waals surface area contributed by atoms with Gasteiger partial charge in [0, 0.05) is 12.5 Å². The number of likely N-dealkylation sites (N-methyl/N-ethyl adjacent to an activating group) is 1. The number of ether oxygens (including phenoxy) is 2. The van der Waals surface area contributed by atoms with Crippen LogP contribution in [0.2, 0.25) is 0 Å². The molecule has 0 aromatic carbocycles. The standard InChI is InChI=1S/C32H60NO8P/c1-6-8-10-11-12-13-14-15-16-17-18-19-20-21-23-24-31(34)38-28-30(41-32(35)25-22-9-7-2)29-40-42(36,37)39-27-26-33(3,4)5/h7,9,22,25,30H,6,8,10-21,23-24,26-29H2,1-5H3/p+1/t30-/m1/s1. The Labute approximate surface area is 256 Å². The lowest BCUT2D eigenvalue weighted by atomic mass is 10.0. The minimum Gasteiger partial charge on any atom is -0.462 e. The Morgan fingerprint density at radius 3 is 1.81 bits per heavy atom. The van der Waals surface area contributed by atoms with Crippen molar-refractivity contribution in [2.24, 2.45) is 0 Å². The van der Waals surface area contributed by atoms with Crippen molar-refractivity contribution < 1.29 is 42.1 Å². The van der Waals surface area contributed by atoms with Gasteiger partial charge in [0.2, 0.25) is 0 Å². The highest BCUT2D eigenvalue weighted by molar-refractivity contribution is 7.47. The molecule has 1 unspecified atom stereocenters. The fourth-order valence-corrected chi connectivity index (χ4v) is 4.85. The third kappa shape index (κ3) is 28.6. The van der Waals surface area contributed by atoms with Gasteiger partial charge in [-0.25, -0.2) is 9.36 Å². The van der Waals surface area contributed by atoms with Crippen molar-refractivity contribution in [2.45, 2.75) is 123 Å². The molecule has 1 N–H and O–H groups in total. The fourth-order valence-electron chi connectivity index (χ4n) is 4.11. The highest BCUT2D eigenvalue weighted by Crippen LogP contribution is 2.43. The Bertz CT molecular complexity index is 794. The second-order valence-corrected chi connectivity index (χ2v) is 13.4. The second-order valence-electron chi connectivity index (χ2n) is 11.9. The molecule has 0 fully saturated rings. The number of allylic oxidation sites excluding steroid dienone is 3. The Morgan fingerprint density at radius 1 is 0.786 bits per heavy atom. The summed E-state index contributed by atoms with van der Waals surface area (Å²) in [7, 11) is 1.42. The quantitative estimate of drug-likeness (QED) is 0.0238. The number of nitrogens with zero attached hydrogens (tertiary/aromatic N) is 1. The Hall–Kier alpha value is -1.51. The molecule has 10 heteroatoms. The number of phosphoric ester groups is 1. The van der Waals surface area contributed by atoms with Crippen LogP contribution in [0.25, 0.3) is 0 Å². The van der Waals surface area contributed by atoms with Crippen molar-refractivity contribution in [1.82, 2.24) is 0 Å². The molecule has 0 bridgehead atoms. The predicted octanol–water partition coefficient (Wildman–Crippen LogP) is 7.68. The van der Waals surface area contributed by atoms with E-state index in [0.717, 1.165) is 19.3 Å². The minimum absolute atomic E-state index is 0.0159. The van der Waals surface area contributed by atoms with Gasteiger partial charge in [-0.15, -0.1) is 0 Å². The zero-order valence-corrected chi connectivity index (χ0v) is 28.1. The largest absolute Gasteiger partial charge is 0.472 e. The van der Waals surface area contributed by atoms with Crippen molar-refractivity contribution in [3.05, 3.63) is 24.3 Å². The SMILES string of the molecule is CC=CC=CC(=O)O[C@H](COC(=O)CCCCCCCCCCCCCCCCC)COP(=O)(O)OCC[N+](C)(C)C. The smallest absolute Gasteiger partial charge is 0.462 e. The van der Waals surface area contributed by atoms with Gasteiger partial charge in [-0.1, -0.05) is 115 Å². The molecule has 0 aliphatic rings. The molecular formula is C32H61NO8P+. The molecule has 246 valence electrons. The number of carbonyl (C=O) groups excluding carboxylic acids is 2. The summed E-state index contributed by atoms with van der Waals surface area (Å²) >= 11 is 0. The Morgan fingerprint density at radius 2 is 1.31 bits per heavy atom. The van der Waals surface area contributed by atoms with Gasteiger partial charge in [0.25, 0.3) is 0 Å². The van der Waals surface area contributed by atoms with Crippen LogP contribution in [0.3, 0.4) is 0 Å². The molecule has 0 spiro atoms. The maximum atomic E-state index is 12.3. The molecule has 0 saturated carbocycles. The minimum atomic E-state index is -4.37. The van der Waals surface area contributed by atoms with Gasteiger partial charge in [-0.05, 0) is 13.3 Å². The number of unbranched alkanes of at least 4 members (excludes halogenated alkanes) is 14. The molecule has 0 aliphatic heterocycles. The van der Waals surface area contributed by atoms with Gasteiger partial charge in [-0.2, -0.15) is 0 Å². The first-order valence-electron chi connectivity index (χ1n) is 16.1. The van der Waals surface area contributed by atoms with Gasteiger partial charge < -0.3 is 18.9 Å². The number of rotatable bonds is 28. The summed E-state index contributed by atoms with van der Waals surface area (Å²) in [5.41, 5.74) is 0. The summed E-state index contributed by atoms with van der Waals surface area (Å²) in [5, 5.41) is 0. The lowest BCUT2D eigenvalue weighted by molar-refractivity contribution is -0.870. The van der Waals surface area contributed by atoms with E-state index >= 15 is 0 Å². The Balaban J connectivity index is 4.23. The van der Waals surface area contributed by atoms with Crippen LogP contribution in [0.1, 0.15) is 117 Å². The highest BCUT2D eigenvalue weighted by Gasteiger charge is 2.26. The lowest BCUT2D eigenvalue weighted by Gasteiger charge is -2.24. The van der Waals surface area contributed by atoms with Crippen LogP contribution in [0.5, 0.6) is 0 Å². The van der Waals surface area contributed by atoms with Gasteiger partial charge in [-0.3, -0.25) is 13.8 Å². The summed E-state index contributed by atoms with van der Waals surface area (Å²) in [6.45, 7) is 3.85. The van der Waals surface area contributed by atoms with Crippen LogP contribution < -0.4 is 0 Å². The zero-order valence-electron chi connectivity index (χ0n) is 27.2. The maximum absolute atomic E-state index is 12.3. The third-order valence-electron chi connectivity index (χ3n) is 6.67. The normalized spacial score (nSPS) is 14.3. The Kier molecular flexibility index (Phi) is 25.0. The number of phosphoric acid groups is 1. The van der Waals surface area contributed by atoms with Crippen LogP contribution >= 0.6 is 7.82 Å². The summed E-state index contributed by atoms with van der Waals surface area (Å²) in [4.78, 5) is 34.3. The molecule has 9 nitrogen and oxygen atoms in total. The van der Waals surface area contributed by atoms with Crippen LogP contribution in [0, 0.1) is 0 Å². The van der Waals surface area contributed by atoms with E-state index in [2.05, 4.69) is 6.92 Å². The van der Waals surface area contributed by atoms with E-state index in [0.29, 0.717) is 11.0 Å². The van der Waals surface area contributed by atoms with E-state index < -0.39 is 32.5 Å². The first-order valence-corrected chi connectivity index (χ1v) is 17.6. The van der Waals surface area contributed by atoms with Gasteiger partial charge >= 0.3 is 19.8 Å². The molecule has 0 amide bonds. The van der Waals surface area contributed by atoms with E-state index in [1.807, 2.05) is 28.1 Å². The van der Waals surface area contributed by atoms with E-state index in [9.17, 15) is 19.0 Å². The number of hydrogen-bond donors (Lipinski definition) is 1. The summed E-state index contributed by atoms with van der Waals surface area (Å²) in [6, 6.07) is 0. The van der Waals surface area contributed by atoms with E-state index in [-0.39, 0.29) is 19.6 Å². The van der Waals surface area contributed by atoms with Crippen molar-refractivity contribution in [2.75, 3.05) is 47.5 Å². The molecule has 42 heavy (non-hydrogen) atoms. The van der Waals surface area contributed by atoms with Crippen LogP contribution in [-0.2, 0) is 32.7 Å². The van der Waals surface area contributed by atoms with E-state index in [1.165, 1.54) is 89.2 Å². The zero-order chi connectivity index (χ0) is 31.5. The second kappa shape index (κ2) is 25.9. The van der Waals surface area contributed by atoms with Crippen LogP contribution in [-0.4, -0.2) is 74.9 Å². The summed E-state index contributed by atoms with van der Waals surface area (Å²) in [5.74, 6) is -1.08. The van der Waals surface area contributed by atoms with Crippen LogP contribution in [0.4, 0.5) is 0 Å². The molecule has 2 atom stereocenters. The average molecular weight is 619 g/mol. The van der Waals surface area contributed by atoms with Crippen molar-refractivity contribution >= 4 is 19.8 Å². The first kappa shape index (κ1) is 40.5. The van der Waals surface area contributed by atoms with E-state index in [1.54, 1.807) is 12.2 Å². The molecule has 0 aliphatic carbocycles. The highest BCUT2D eigenvalue weighted by atomic mass is 31.2. The average Bonchev–Trinajstić information content (AvgIpc) is 2.91. The van der Waals surface area contributed by atoms with Crippen LogP contribution in [0.15, 0.2) is 24.3 Å². The number of hydrogen-bond acceptors (Lipinski definition) is 7. The number of esters is 2. The monoisotopic (exact) mass is 618 g/mol. The molecule has 0 saturated heterocycles. The molecule has 0 aromatic heterocycles. The number of carbonyl (C=O) groups is 2. The van der Waals surface area contributed by atoms with Gasteiger partial charge in [0.1, 0.15) is 19.8 Å². The summed E-state index contributed by atoms with van der Waals surface area (Å²) in [6.07, 6.45) is 24.1. The van der Waals surface area contributed by atoms with Crippen molar-refractivity contribution in [3.8, 4) is 0 Å². The molecule has 0 heterocycles. The third-order valence-corrected chi connectivity index (χ3v) is 7.66. The van der Waals surface area contributed by atoms with Gasteiger partial charge in [0.05, 0.1) is 27.7 Å².